The number of thioether (sulfide) groups is 1. The number of carbonyl (C=O) groups excluding carboxylic acids is 1. The van der Waals surface area contributed by atoms with Crippen LogP contribution in [0.3, 0.4) is 0 Å². The van der Waals surface area contributed by atoms with Gasteiger partial charge in [0.25, 0.3) is 0 Å². The first-order valence-electron chi connectivity index (χ1n) is 5.21. The van der Waals surface area contributed by atoms with E-state index in [0.29, 0.717) is 13.2 Å². The Kier molecular flexibility index (Phi) is 10.3. The molecule has 1 amide bonds. The molecular weight excluding hydrogens is 224 g/mol. The number of terminal acetylenes is 1. The van der Waals surface area contributed by atoms with E-state index in [9.17, 15) is 4.79 Å². The lowest BCUT2D eigenvalue weighted by molar-refractivity contribution is -0.121. The summed E-state index contributed by atoms with van der Waals surface area (Å²) in [6, 6.07) is 0.0510. The molecule has 1 atom stereocenters. The van der Waals surface area contributed by atoms with Gasteiger partial charge < -0.3 is 15.4 Å². The minimum Gasteiger partial charge on any atom is -0.383 e. The summed E-state index contributed by atoms with van der Waals surface area (Å²) in [4.78, 5) is 11.3. The first kappa shape index (κ1) is 15.3. The second-order valence-corrected chi connectivity index (χ2v) is 4.46. The van der Waals surface area contributed by atoms with Gasteiger partial charge in [-0.25, -0.2) is 0 Å². The van der Waals surface area contributed by atoms with E-state index in [2.05, 4.69) is 16.6 Å². The van der Waals surface area contributed by atoms with E-state index < -0.39 is 0 Å². The van der Waals surface area contributed by atoms with Crippen LogP contribution >= 0.6 is 11.8 Å². The van der Waals surface area contributed by atoms with Crippen LogP contribution in [0.4, 0.5) is 0 Å². The van der Waals surface area contributed by atoms with Crippen molar-refractivity contribution >= 4 is 17.7 Å². The number of hydrogen-bond donors (Lipinski definition) is 2. The Hall–Kier alpha value is -0.700. The van der Waals surface area contributed by atoms with Crippen molar-refractivity contribution in [1.82, 2.24) is 10.6 Å². The maximum absolute atomic E-state index is 11.3. The molecule has 2 N–H and O–H groups in total. The Bertz CT molecular complexity index is 229. The SMILES string of the molecule is C#CCSCCNCC(=O)NC(C)COC. The minimum absolute atomic E-state index is 0.00787. The standard InChI is InChI=1S/C11H20N2O2S/c1-4-6-16-7-5-12-8-11(14)13-10(2)9-15-3/h1,10,12H,5-9H2,2-3H3,(H,13,14). The molecule has 5 heteroatoms. The third kappa shape index (κ3) is 9.84. The highest BCUT2D eigenvalue weighted by molar-refractivity contribution is 7.99. The molecule has 0 aliphatic heterocycles. The highest BCUT2D eigenvalue weighted by Gasteiger charge is 2.05. The predicted octanol–water partition coefficient (Wildman–Crippen LogP) is 0.0935. The molecule has 0 aromatic carbocycles. The molecule has 0 aromatic heterocycles. The van der Waals surface area contributed by atoms with Gasteiger partial charge in [-0.05, 0) is 6.92 Å². The summed E-state index contributed by atoms with van der Waals surface area (Å²) in [5.74, 6) is 4.18. The number of ether oxygens (including phenoxy) is 1. The molecule has 0 heterocycles. The fourth-order valence-corrected chi connectivity index (χ4v) is 1.65. The van der Waals surface area contributed by atoms with Crippen molar-refractivity contribution in [2.75, 3.05) is 38.3 Å². The summed E-state index contributed by atoms with van der Waals surface area (Å²) in [6.45, 7) is 3.57. The highest BCUT2D eigenvalue weighted by atomic mass is 32.2. The van der Waals surface area contributed by atoms with Crippen molar-refractivity contribution in [3.8, 4) is 12.3 Å². The van der Waals surface area contributed by atoms with Gasteiger partial charge in [0.15, 0.2) is 0 Å². The van der Waals surface area contributed by atoms with Crippen LogP contribution in [-0.2, 0) is 9.53 Å². The molecule has 0 aliphatic carbocycles. The van der Waals surface area contributed by atoms with E-state index >= 15 is 0 Å². The summed E-state index contributed by atoms with van der Waals surface area (Å²) in [5.41, 5.74) is 0. The summed E-state index contributed by atoms with van der Waals surface area (Å²) in [7, 11) is 1.61. The van der Waals surface area contributed by atoms with Gasteiger partial charge in [0.1, 0.15) is 0 Å². The number of methoxy groups -OCH3 is 1. The number of hydrogen-bond acceptors (Lipinski definition) is 4. The van der Waals surface area contributed by atoms with Gasteiger partial charge in [-0.3, -0.25) is 4.79 Å². The highest BCUT2D eigenvalue weighted by Crippen LogP contribution is 1.94. The summed E-state index contributed by atoms with van der Waals surface area (Å²) < 4.78 is 4.92. The molecular formula is C11H20N2O2S. The quantitative estimate of drug-likeness (QED) is 0.446. The van der Waals surface area contributed by atoms with Gasteiger partial charge in [0.2, 0.25) is 5.91 Å². The fourth-order valence-electron chi connectivity index (χ4n) is 1.09. The summed E-state index contributed by atoms with van der Waals surface area (Å²) in [5, 5.41) is 5.87. The van der Waals surface area contributed by atoms with Crippen molar-refractivity contribution in [2.24, 2.45) is 0 Å². The molecule has 92 valence electrons. The lowest BCUT2D eigenvalue weighted by atomic mass is 10.3. The van der Waals surface area contributed by atoms with Gasteiger partial charge in [-0.1, -0.05) is 5.92 Å². The zero-order valence-corrected chi connectivity index (χ0v) is 10.7. The van der Waals surface area contributed by atoms with E-state index in [-0.39, 0.29) is 11.9 Å². The first-order chi connectivity index (χ1) is 7.70. The smallest absolute Gasteiger partial charge is 0.234 e. The molecule has 0 fully saturated rings. The van der Waals surface area contributed by atoms with E-state index in [0.717, 1.165) is 18.1 Å². The van der Waals surface area contributed by atoms with Gasteiger partial charge in [-0.15, -0.1) is 18.2 Å². The molecule has 4 nitrogen and oxygen atoms in total. The van der Waals surface area contributed by atoms with Crippen molar-refractivity contribution in [2.45, 2.75) is 13.0 Å². The average molecular weight is 244 g/mol. The topological polar surface area (TPSA) is 50.4 Å². The molecule has 0 aromatic rings. The van der Waals surface area contributed by atoms with Crippen molar-refractivity contribution in [3.05, 3.63) is 0 Å². The van der Waals surface area contributed by atoms with Crippen LogP contribution in [0.1, 0.15) is 6.92 Å². The van der Waals surface area contributed by atoms with Crippen LogP contribution < -0.4 is 10.6 Å². The molecule has 0 saturated heterocycles. The van der Waals surface area contributed by atoms with Gasteiger partial charge >= 0.3 is 0 Å². The molecule has 0 radical (unpaired) electrons. The Balaban J connectivity index is 3.34. The second-order valence-electron chi connectivity index (χ2n) is 3.36. The Morgan fingerprint density at radius 3 is 3.00 bits per heavy atom. The first-order valence-corrected chi connectivity index (χ1v) is 6.36. The van der Waals surface area contributed by atoms with Crippen LogP contribution in [0.15, 0.2) is 0 Å². The fraction of sp³-hybridized carbons (Fsp3) is 0.727. The van der Waals surface area contributed by atoms with Crippen LogP contribution in [0.2, 0.25) is 0 Å². The lowest BCUT2D eigenvalue weighted by Gasteiger charge is -2.12. The van der Waals surface area contributed by atoms with Gasteiger partial charge in [0, 0.05) is 25.4 Å². The molecule has 16 heavy (non-hydrogen) atoms. The molecule has 0 aliphatic rings. The average Bonchev–Trinajstić information content (AvgIpc) is 2.23. The van der Waals surface area contributed by atoms with Crippen LogP contribution in [0.25, 0.3) is 0 Å². The zero-order chi connectivity index (χ0) is 12.2. The van der Waals surface area contributed by atoms with Crippen molar-refractivity contribution in [3.63, 3.8) is 0 Å². The van der Waals surface area contributed by atoms with E-state index in [1.165, 1.54) is 0 Å². The third-order valence-corrected chi connectivity index (χ3v) is 2.58. The molecule has 0 bridgehead atoms. The second kappa shape index (κ2) is 10.8. The molecule has 0 rings (SSSR count). The molecule has 1 unspecified atom stereocenters. The van der Waals surface area contributed by atoms with Crippen molar-refractivity contribution in [1.29, 1.82) is 0 Å². The molecule has 0 saturated carbocycles. The third-order valence-electron chi connectivity index (χ3n) is 1.72. The van der Waals surface area contributed by atoms with E-state index in [4.69, 9.17) is 11.2 Å². The summed E-state index contributed by atoms with van der Waals surface area (Å²) in [6.07, 6.45) is 5.11. The Labute approximate surface area is 102 Å². The molecule has 0 spiro atoms. The van der Waals surface area contributed by atoms with Crippen LogP contribution in [-0.4, -0.2) is 50.3 Å². The van der Waals surface area contributed by atoms with Gasteiger partial charge in [-0.2, -0.15) is 0 Å². The van der Waals surface area contributed by atoms with Crippen LogP contribution in [0, 0.1) is 12.3 Å². The van der Waals surface area contributed by atoms with E-state index in [1.54, 1.807) is 18.9 Å². The maximum Gasteiger partial charge on any atom is 0.234 e. The zero-order valence-electron chi connectivity index (χ0n) is 9.91. The van der Waals surface area contributed by atoms with Crippen LogP contribution in [0.5, 0.6) is 0 Å². The Morgan fingerprint density at radius 1 is 1.62 bits per heavy atom. The summed E-state index contributed by atoms with van der Waals surface area (Å²) >= 11 is 1.68. The van der Waals surface area contributed by atoms with Gasteiger partial charge in [0.05, 0.1) is 18.9 Å². The monoisotopic (exact) mass is 244 g/mol. The van der Waals surface area contributed by atoms with Crippen molar-refractivity contribution < 1.29 is 9.53 Å². The maximum atomic E-state index is 11.3. The minimum atomic E-state index is -0.00787. The normalized spacial score (nSPS) is 11.8. The predicted molar refractivity (Wildman–Crippen MR) is 68.5 cm³/mol. The number of amides is 1. The number of carbonyl (C=O) groups is 1. The lowest BCUT2D eigenvalue weighted by Crippen LogP contribution is -2.41. The number of rotatable bonds is 9. The Morgan fingerprint density at radius 2 is 2.38 bits per heavy atom. The number of nitrogens with one attached hydrogen (secondary N) is 2. The largest absolute Gasteiger partial charge is 0.383 e. The van der Waals surface area contributed by atoms with E-state index in [1.807, 2.05) is 6.92 Å².